The van der Waals surface area contributed by atoms with E-state index in [4.69, 9.17) is 10.2 Å². The fourth-order valence-electron chi connectivity index (χ4n) is 1.05. The first-order valence-electron chi connectivity index (χ1n) is 5.88. The Bertz CT molecular complexity index is 312. The number of rotatable bonds is 4. The Balaban J connectivity index is 0.000000304. The molecule has 2 N–H and O–H groups in total. The number of carboxylic acid groups (broad SMARTS) is 1. The van der Waals surface area contributed by atoms with Gasteiger partial charge in [0.2, 0.25) is 0 Å². The van der Waals surface area contributed by atoms with Crippen LogP contribution >= 0.6 is 0 Å². The lowest BCUT2D eigenvalue weighted by Crippen LogP contribution is -2.32. The Labute approximate surface area is 104 Å². The van der Waals surface area contributed by atoms with Crippen molar-refractivity contribution in [3.05, 3.63) is 35.9 Å². The zero-order valence-electron chi connectivity index (χ0n) is 10.8. The number of benzene rings is 1. The lowest BCUT2D eigenvalue weighted by atomic mass is 10.2. The molecule has 0 unspecified atom stereocenters. The van der Waals surface area contributed by atoms with Gasteiger partial charge in [-0.1, -0.05) is 50.7 Å². The average Bonchev–Trinajstić information content (AvgIpc) is 2.39. The Hall–Kier alpha value is -1.13. The van der Waals surface area contributed by atoms with Crippen molar-refractivity contribution in [2.45, 2.75) is 32.5 Å². The molecule has 0 aliphatic carbocycles. The number of aromatic carboxylic acids is 1. The van der Waals surface area contributed by atoms with Crippen molar-refractivity contribution < 1.29 is 15.0 Å². The molecule has 0 spiro atoms. The molecule has 0 aliphatic rings. The van der Waals surface area contributed by atoms with Gasteiger partial charge in [0.15, 0.2) is 0 Å². The number of hydrogen-bond donors (Lipinski definition) is 2. The third kappa shape index (κ3) is 6.24. The third-order valence-corrected chi connectivity index (χ3v) is 7.29. The molecule has 0 saturated carbocycles. The van der Waals surface area contributed by atoms with E-state index < -0.39 is 14.0 Å². The van der Waals surface area contributed by atoms with E-state index in [-0.39, 0.29) is 0 Å². The van der Waals surface area contributed by atoms with Crippen molar-refractivity contribution in [1.82, 2.24) is 0 Å². The van der Waals surface area contributed by atoms with Crippen molar-refractivity contribution >= 4 is 14.0 Å². The molecule has 1 rings (SSSR count). The van der Waals surface area contributed by atoms with E-state index in [1.807, 2.05) is 0 Å². The monoisotopic (exact) mass is 254 g/mol. The summed E-state index contributed by atoms with van der Waals surface area (Å²) in [6, 6.07) is 10.7. The van der Waals surface area contributed by atoms with E-state index in [0.29, 0.717) is 11.8 Å². The quantitative estimate of drug-likeness (QED) is 0.812. The molecule has 1 aromatic rings. The molecule has 0 bridgehead atoms. The van der Waals surface area contributed by atoms with Crippen LogP contribution in [0.25, 0.3) is 0 Å². The SMILES string of the molecule is CC[Si](C)(CC)CO.O=C(O)c1ccccc1. The molecule has 4 heteroatoms. The Kier molecular flexibility index (Phi) is 7.50. The first-order valence-corrected chi connectivity index (χ1v) is 9.00. The van der Waals surface area contributed by atoms with Gasteiger partial charge in [-0.15, -0.1) is 0 Å². The largest absolute Gasteiger partial charge is 0.478 e. The summed E-state index contributed by atoms with van der Waals surface area (Å²) in [4.78, 5) is 10.2. The zero-order valence-corrected chi connectivity index (χ0v) is 11.8. The summed E-state index contributed by atoms with van der Waals surface area (Å²) in [5, 5.41) is 17.2. The van der Waals surface area contributed by atoms with Crippen molar-refractivity contribution in [2.75, 3.05) is 6.23 Å². The van der Waals surface area contributed by atoms with Crippen LogP contribution in [-0.2, 0) is 0 Å². The molecule has 96 valence electrons. The van der Waals surface area contributed by atoms with Gasteiger partial charge in [0, 0.05) is 6.23 Å². The maximum atomic E-state index is 10.2. The molecule has 0 saturated heterocycles. The molecule has 0 atom stereocenters. The van der Waals surface area contributed by atoms with Crippen molar-refractivity contribution in [1.29, 1.82) is 0 Å². The van der Waals surface area contributed by atoms with Crippen molar-refractivity contribution in [2.24, 2.45) is 0 Å². The van der Waals surface area contributed by atoms with Crippen molar-refractivity contribution in [3.8, 4) is 0 Å². The Morgan fingerprint density at radius 1 is 1.18 bits per heavy atom. The fourth-order valence-corrected chi connectivity index (χ4v) is 2.00. The van der Waals surface area contributed by atoms with Crippen LogP contribution in [0.3, 0.4) is 0 Å². The van der Waals surface area contributed by atoms with Crippen molar-refractivity contribution in [3.63, 3.8) is 0 Å². The zero-order chi connectivity index (χ0) is 13.3. The molecule has 0 heterocycles. The van der Waals surface area contributed by atoms with Gasteiger partial charge in [-0.2, -0.15) is 0 Å². The summed E-state index contributed by atoms with van der Waals surface area (Å²) in [6.45, 7) is 6.59. The summed E-state index contributed by atoms with van der Waals surface area (Å²) >= 11 is 0. The van der Waals surface area contributed by atoms with Crippen LogP contribution in [0.4, 0.5) is 0 Å². The number of carbonyl (C=O) groups is 1. The maximum absolute atomic E-state index is 10.2. The molecule has 17 heavy (non-hydrogen) atoms. The second kappa shape index (κ2) is 8.03. The summed E-state index contributed by atoms with van der Waals surface area (Å²) in [5.74, 6) is -0.879. The molecular weight excluding hydrogens is 232 g/mol. The fraction of sp³-hybridized carbons (Fsp3) is 0.462. The van der Waals surface area contributed by atoms with Gasteiger partial charge < -0.3 is 10.2 Å². The van der Waals surface area contributed by atoms with Gasteiger partial charge in [-0.3, -0.25) is 0 Å². The molecule has 3 nitrogen and oxygen atoms in total. The summed E-state index contributed by atoms with van der Waals surface area (Å²) in [5.41, 5.74) is 0.331. The van der Waals surface area contributed by atoms with Crippen LogP contribution in [0.5, 0.6) is 0 Å². The van der Waals surface area contributed by atoms with E-state index in [2.05, 4.69) is 20.4 Å². The number of carboxylic acids is 1. The van der Waals surface area contributed by atoms with Crippen LogP contribution in [0.1, 0.15) is 24.2 Å². The Morgan fingerprint density at radius 2 is 1.65 bits per heavy atom. The minimum atomic E-state index is -1.12. The summed E-state index contributed by atoms with van der Waals surface area (Å²) in [6.07, 6.45) is 0.458. The van der Waals surface area contributed by atoms with Gasteiger partial charge in [0.05, 0.1) is 13.6 Å². The normalized spacial score (nSPS) is 10.4. The predicted octanol–water partition coefficient (Wildman–Crippen LogP) is 3.02. The number of aliphatic hydroxyl groups excluding tert-OH is 1. The summed E-state index contributed by atoms with van der Waals surface area (Å²) < 4.78 is 0. The smallest absolute Gasteiger partial charge is 0.335 e. The lowest BCUT2D eigenvalue weighted by molar-refractivity contribution is 0.0697. The molecular formula is C13H22O3Si. The molecule has 0 radical (unpaired) electrons. The van der Waals surface area contributed by atoms with Gasteiger partial charge >= 0.3 is 5.97 Å². The van der Waals surface area contributed by atoms with Crippen LogP contribution in [0.2, 0.25) is 18.6 Å². The predicted molar refractivity (Wildman–Crippen MR) is 73.1 cm³/mol. The highest BCUT2D eigenvalue weighted by atomic mass is 28.3. The topological polar surface area (TPSA) is 57.5 Å². The highest BCUT2D eigenvalue weighted by Gasteiger charge is 2.20. The van der Waals surface area contributed by atoms with Gasteiger partial charge in [-0.25, -0.2) is 4.79 Å². The first-order chi connectivity index (χ1) is 7.99. The van der Waals surface area contributed by atoms with Crippen LogP contribution in [0.15, 0.2) is 30.3 Å². The van der Waals surface area contributed by atoms with Gasteiger partial charge in [0.1, 0.15) is 0 Å². The highest BCUT2D eigenvalue weighted by Crippen LogP contribution is 2.12. The number of aliphatic hydroxyl groups is 1. The van der Waals surface area contributed by atoms with E-state index in [1.54, 1.807) is 30.3 Å². The summed E-state index contributed by atoms with van der Waals surface area (Å²) in [7, 11) is -1.12. The molecule has 1 aromatic carbocycles. The third-order valence-electron chi connectivity index (χ3n) is 3.11. The second-order valence-electron chi connectivity index (χ2n) is 4.35. The second-order valence-corrected chi connectivity index (χ2v) is 9.70. The van der Waals surface area contributed by atoms with E-state index >= 15 is 0 Å². The first kappa shape index (κ1) is 15.9. The van der Waals surface area contributed by atoms with Crippen LogP contribution in [-0.4, -0.2) is 30.5 Å². The van der Waals surface area contributed by atoms with E-state index in [9.17, 15) is 4.79 Å². The lowest BCUT2D eigenvalue weighted by Gasteiger charge is -2.19. The number of hydrogen-bond acceptors (Lipinski definition) is 2. The van der Waals surface area contributed by atoms with Crippen LogP contribution < -0.4 is 0 Å². The highest BCUT2D eigenvalue weighted by molar-refractivity contribution is 6.78. The van der Waals surface area contributed by atoms with Gasteiger partial charge in [-0.05, 0) is 12.1 Å². The van der Waals surface area contributed by atoms with Crippen LogP contribution in [0, 0.1) is 0 Å². The minimum Gasteiger partial charge on any atom is -0.478 e. The minimum absolute atomic E-state index is 0.331. The van der Waals surface area contributed by atoms with E-state index in [1.165, 1.54) is 12.1 Å². The maximum Gasteiger partial charge on any atom is 0.335 e. The Morgan fingerprint density at radius 3 is 1.82 bits per heavy atom. The van der Waals surface area contributed by atoms with E-state index in [0.717, 1.165) is 0 Å². The molecule has 0 fully saturated rings. The average molecular weight is 254 g/mol. The van der Waals surface area contributed by atoms with Gasteiger partial charge in [0.25, 0.3) is 0 Å². The molecule has 0 aromatic heterocycles. The molecule has 0 amide bonds. The standard InChI is InChI=1S/C7H6O2.C6H16OSi/c8-7(9)6-4-2-1-3-5-6;1-4-8(3,5-2)6-7/h1-5H,(H,8,9);7H,4-6H2,1-3H3. The molecule has 0 aliphatic heterocycles.